The summed E-state index contributed by atoms with van der Waals surface area (Å²) in [6.45, 7) is 0.315. The van der Waals surface area contributed by atoms with Crippen LogP contribution < -0.4 is 15.3 Å². The Labute approximate surface area is 109 Å². The summed E-state index contributed by atoms with van der Waals surface area (Å²) >= 11 is 1.37. The van der Waals surface area contributed by atoms with Crippen molar-refractivity contribution < 1.29 is 19.6 Å². The van der Waals surface area contributed by atoms with Gasteiger partial charge in [0, 0.05) is 10.4 Å². The lowest BCUT2D eigenvalue weighted by Crippen LogP contribution is -3.06. The second-order valence-corrected chi connectivity index (χ2v) is 5.89. The van der Waals surface area contributed by atoms with Crippen LogP contribution in [-0.4, -0.2) is 32.5 Å². The maximum atomic E-state index is 11.7. The lowest BCUT2D eigenvalue weighted by atomic mass is 10.1. The summed E-state index contributed by atoms with van der Waals surface area (Å²) < 4.78 is 0. The smallest absolute Gasteiger partial charge is 0.280 e. The number of carbonyl (C=O) groups excluding carboxylic acids is 2. The summed E-state index contributed by atoms with van der Waals surface area (Å²) in [6.07, 6.45) is 2.65. The molecule has 2 rings (SSSR count). The Bertz CT molecular complexity index is 494. The lowest BCUT2D eigenvalue weighted by molar-refractivity contribution is -0.849. The summed E-state index contributed by atoms with van der Waals surface area (Å²) in [5, 5.41) is 14.3. The van der Waals surface area contributed by atoms with Crippen molar-refractivity contribution in [3.8, 4) is 0 Å². The van der Waals surface area contributed by atoms with Gasteiger partial charge in [0.25, 0.3) is 5.91 Å². The molecule has 2 N–H and O–H groups in total. The van der Waals surface area contributed by atoms with E-state index in [1.165, 1.54) is 11.3 Å². The van der Waals surface area contributed by atoms with Crippen molar-refractivity contribution in [1.29, 1.82) is 0 Å². The molecule has 0 saturated carbocycles. The zero-order valence-corrected chi connectivity index (χ0v) is 11.3. The first-order valence-corrected chi connectivity index (χ1v) is 6.75. The molecule has 1 aromatic rings. The van der Waals surface area contributed by atoms with Crippen LogP contribution in [0.4, 0.5) is 5.00 Å². The van der Waals surface area contributed by atoms with E-state index in [0.29, 0.717) is 11.5 Å². The Morgan fingerprint density at radius 2 is 2.11 bits per heavy atom. The average molecular weight is 268 g/mol. The number of hydrogen-bond donors (Lipinski definition) is 2. The quantitative estimate of drug-likeness (QED) is 0.711. The Hall–Kier alpha value is -1.40. The van der Waals surface area contributed by atoms with Gasteiger partial charge in [-0.05, 0) is 24.8 Å². The van der Waals surface area contributed by atoms with E-state index in [1.54, 1.807) is 0 Å². The molecule has 0 bridgehead atoms. The largest absolute Gasteiger partial charge is 0.545 e. The normalized spacial score (nSPS) is 13.7. The molecule has 0 radical (unpaired) electrons. The molecule has 1 aromatic heterocycles. The topological polar surface area (TPSA) is 73.7 Å². The summed E-state index contributed by atoms with van der Waals surface area (Å²) in [5.74, 6) is -1.36. The molecule has 1 amide bonds. The number of aromatic carboxylic acids is 1. The fourth-order valence-corrected chi connectivity index (χ4v) is 3.49. The number of hydrogen-bond acceptors (Lipinski definition) is 4. The Kier molecular flexibility index (Phi) is 3.68. The predicted octanol–water partition coefficient (Wildman–Crippen LogP) is -1.32. The molecule has 0 saturated heterocycles. The second-order valence-electron chi connectivity index (χ2n) is 4.78. The Morgan fingerprint density at radius 3 is 2.72 bits per heavy atom. The monoisotopic (exact) mass is 268 g/mol. The van der Waals surface area contributed by atoms with Gasteiger partial charge in [-0.2, -0.15) is 0 Å². The molecule has 1 aliphatic rings. The van der Waals surface area contributed by atoms with Gasteiger partial charge in [0.2, 0.25) is 0 Å². The first-order chi connectivity index (χ1) is 8.49. The highest BCUT2D eigenvalue weighted by atomic mass is 32.1. The highest BCUT2D eigenvalue weighted by molar-refractivity contribution is 7.17. The summed E-state index contributed by atoms with van der Waals surface area (Å²) in [6, 6.07) is 0. The van der Waals surface area contributed by atoms with Crippen molar-refractivity contribution in [1.82, 2.24) is 0 Å². The molecule has 1 aliphatic carbocycles. The molecule has 1 heterocycles. The molecule has 0 atom stereocenters. The fraction of sp³-hybridized carbons (Fsp3) is 0.500. The third kappa shape index (κ3) is 2.54. The summed E-state index contributed by atoms with van der Waals surface area (Å²) in [5.41, 5.74) is 1.04. The average Bonchev–Trinajstić information content (AvgIpc) is 2.74. The van der Waals surface area contributed by atoms with Gasteiger partial charge in [-0.15, -0.1) is 11.3 Å². The third-order valence-electron chi connectivity index (χ3n) is 2.89. The van der Waals surface area contributed by atoms with Crippen molar-refractivity contribution in [3.63, 3.8) is 0 Å². The van der Waals surface area contributed by atoms with Gasteiger partial charge in [-0.1, -0.05) is 0 Å². The van der Waals surface area contributed by atoms with Crippen LogP contribution in [0.3, 0.4) is 0 Å². The number of carboxylic acids is 1. The van der Waals surface area contributed by atoms with E-state index >= 15 is 0 Å². The molecule has 98 valence electrons. The second kappa shape index (κ2) is 5.07. The van der Waals surface area contributed by atoms with E-state index in [2.05, 4.69) is 5.32 Å². The number of carbonyl (C=O) groups is 2. The molecular weight excluding hydrogens is 252 g/mol. The number of thiophene rings is 1. The van der Waals surface area contributed by atoms with Gasteiger partial charge in [0.05, 0.1) is 20.1 Å². The fourth-order valence-electron chi connectivity index (χ4n) is 2.20. The van der Waals surface area contributed by atoms with E-state index in [1.807, 2.05) is 14.1 Å². The van der Waals surface area contributed by atoms with Gasteiger partial charge in [0.15, 0.2) is 6.54 Å². The SMILES string of the molecule is C[NH+](C)CC(=O)Nc1sc2c(c1C(=O)[O-])CCC2. The number of anilines is 1. The van der Waals surface area contributed by atoms with Gasteiger partial charge >= 0.3 is 0 Å². The molecule has 0 aromatic carbocycles. The molecule has 0 aliphatic heterocycles. The van der Waals surface area contributed by atoms with Crippen molar-refractivity contribution in [3.05, 3.63) is 16.0 Å². The van der Waals surface area contributed by atoms with Crippen molar-refractivity contribution in [2.24, 2.45) is 0 Å². The van der Waals surface area contributed by atoms with Crippen molar-refractivity contribution in [2.45, 2.75) is 19.3 Å². The van der Waals surface area contributed by atoms with E-state index in [9.17, 15) is 14.7 Å². The zero-order valence-electron chi connectivity index (χ0n) is 10.5. The van der Waals surface area contributed by atoms with Crippen LogP contribution in [0.5, 0.6) is 0 Å². The number of nitrogens with one attached hydrogen (secondary N) is 2. The maximum absolute atomic E-state index is 11.7. The van der Waals surface area contributed by atoms with E-state index in [0.717, 1.165) is 34.6 Å². The van der Waals surface area contributed by atoms with Crippen LogP contribution in [0.25, 0.3) is 0 Å². The zero-order chi connectivity index (χ0) is 13.3. The molecule has 0 unspecified atom stereocenters. The number of carboxylic acid groups (broad SMARTS) is 1. The Balaban J connectivity index is 2.23. The highest BCUT2D eigenvalue weighted by Gasteiger charge is 2.24. The maximum Gasteiger partial charge on any atom is 0.280 e. The number of fused-ring (bicyclic) bond motifs is 1. The minimum Gasteiger partial charge on any atom is -0.545 e. The van der Waals surface area contributed by atoms with Crippen LogP contribution in [0, 0.1) is 0 Å². The molecule has 0 spiro atoms. The third-order valence-corrected chi connectivity index (χ3v) is 4.10. The van der Waals surface area contributed by atoms with E-state index in [-0.39, 0.29) is 11.5 Å². The minimum absolute atomic E-state index is 0.169. The predicted molar refractivity (Wildman–Crippen MR) is 67.0 cm³/mol. The molecule has 18 heavy (non-hydrogen) atoms. The number of likely N-dealkylation sites (N-methyl/N-ethyl adjacent to an activating group) is 1. The van der Waals surface area contributed by atoms with Crippen LogP contribution in [0.2, 0.25) is 0 Å². The van der Waals surface area contributed by atoms with Gasteiger partial charge < -0.3 is 20.1 Å². The number of quaternary nitrogens is 1. The molecule has 0 fully saturated rings. The van der Waals surface area contributed by atoms with Crippen LogP contribution in [0.15, 0.2) is 0 Å². The first-order valence-electron chi connectivity index (χ1n) is 5.93. The van der Waals surface area contributed by atoms with E-state index in [4.69, 9.17) is 0 Å². The van der Waals surface area contributed by atoms with E-state index < -0.39 is 5.97 Å². The summed E-state index contributed by atoms with van der Waals surface area (Å²) in [4.78, 5) is 24.9. The standard InChI is InChI=1S/C12H16N2O3S/c1-14(2)6-9(15)13-11-10(12(16)17)7-4-3-5-8(7)18-11/h3-6H2,1-2H3,(H,13,15)(H,16,17). The van der Waals surface area contributed by atoms with Crippen molar-refractivity contribution >= 4 is 28.2 Å². The highest BCUT2D eigenvalue weighted by Crippen LogP contribution is 2.38. The van der Waals surface area contributed by atoms with Gasteiger partial charge in [-0.25, -0.2) is 0 Å². The van der Waals surface area contributed by atoms with Crippen LogP contribution in [0.1, 0.15) is 27.2 Å². The minimum atomic E-state index is -1.19. The molecule has 6 heteroatoms. The molecule has 5 nitrogen and oxygen atoms in total. The first kappa shape index (κ1) is 13.0. The van der Waals surface area contributed by atoms with Gasteiger partial charge in [-0.3, -0.25) is 4.79 Å². The summed E-state index contributed by atoms with van der Waals surface area (Å²) in [7, 11) is 3.74. The number of rotatable bonds is 4. The Morgan fingerprint density at radius 1 is 1.39 bits per heavy atom. The van der Waals surface area contributed by atoms with Crippen LogP contribution >= 0.6 is 11.3 Å². The molecular formula is C12H16N2O3S. The lowest BCUT2D eigenvalue weighted by Gasteiger charge is -2.10. The number of amides is 1. The van der Waals surface area contributed by atoms with Crippen molar-refractivity contribution in [2.75, 3.05) is 26.0 Å². The van der Waals surface area contributed by atoms with Gasteiger partial charge in [0.1, 0.15) is 5.00 Å². The number of aryl methyl sites for hydroxylation is 1. The van der Waals surface area contributed by atoms with Crippen LogP contribution in [-0.2, 0) is 17.6 Å².